The number of halogens is 1. The van der Waals surface area contributed by atoms with Crippen molar-refractivity contribution in [3.8, 4) is 11.5 Å². The Bertz CT molecular complexity index is 960. The maximum absolute atomic E-state index is 5.71. The van der Waals surface area contributed by atoms with Crippen molar-refractivity contribution in [3.63, 3.8) is 0 Å². The standard InChI is InChI=1S/C21H28N6O2.HI/c1-4-12-29-17-10-9-16(13-18(17)28-3)14-23-21(22-5-2)24-15-20-26-25-19-8-6-7-11-27(19)20;/h6-11,13H,4-5,12,14-15H2,1-3H3,(H2,22,23,24);1H. The molecule has 0 aliphatic heterocycles. The summed E-state index contributed by atoms with van der Waals surface area (Å²) >= 11 is 0. The number of hydrogen-bond donors (Lipinski definition) is 2. The number of nitrogens with one attached hydrogen (secondary N) is 2. The normalized spacial score (nSPS) is 11.1. The number of pyridine rings is 1. The number of guanidine groups is 1. The van der Waals surface area contributed by atoms with Gasteiger partial charge in [-0.15, -0.1) is 34.2 Å². The third kappa shape index (κ3) is 6.22. The number of fused-ring (bicyclic) bond motifs is 1. The number of ether oxygens (including phenoxy) is 2. The van der Waals surface area contributed by atoms with Gasteiger partial charge in [0.05, 0.1) is 26.8 Å². The van der Waals surface area contributed by atoms with Crippen LogP contribution in [-0.2, 0) is 13.1 Å². The molecule has 30 heavy (non-hydrogen) atoms. The van der Waals surface area contributed by atoms with E-state index < -0.39 is 0 Å². The van der Waals surface area contributed by atoms with Crippen molar-refractivity contribution in [2.24, 2.45) is 4.99 Å². The number of aromatic nitrogens is 3. The molecule has 0 spiro atoms. The molecule has 0 aliphatic carbocycles. The molecular weight excluding hydrogens is 495 g/mol. The molecule has 0 radical (unpaired) electrons. The van der Waals surface area contributed by atoms with Crippen molar-refractivity contribution in [1.82, 2.24) is 25.2 Å². The smallest absolute Gasteiger partial charge is 0.191 e. The molecular formula is C21H29IN6O2. The average molecular weight is 524 g/mol. The van der Waals surface area contributed by atoms with E-state index >= 15 is 0 Å². The highest BCUT2D eigenvalue weighted by Gasteiger charge is 2.07. The molecule has 0 saturated carbocycles. The summed E-state index contributed by atoms with van der Waals surface area (Å²) in [6, 6.07) is 11.7. The van der Waals surface area contributed by atoms with E-state index in [9.17, 15) is 0 Å². The summed E-state index contributed by atoms with van der Waals surface area (Å²) in [6.45, 7) is 6.57. The molecule has 162 valence electrons. The molecule has 0 amide bonds. The second kappa shape index (κ2) is 12.2. The van der Waals surface area contributed by atoms with Gasteiger partial charge < -0.3 is 20.1 Å². The Morgan fingerprint density at radius 1 is 1.10 bits per heavy atom. The summed E-state index contributed by atoms with van der Waals surface area (Å²) in [5.41, 5.74) is 1.86. The molecule has 0 atom stereocenters. The van der Waals surface area contributed by atoms with Crippen LogP contribution in [0.3, 0.4) is 0 Å². The van der Waals surface area contributed by atoms with Gasteiger partial charge in [-0.3, -0.25) is 4.40 Å². The molecule has 0 bridgehead atoms. The van der Waals surface area contributed by atoms with E-state index in [0.29, 0.717) is 25.7 Å². The van der Waals surface area contributed by atoms with Crippen LogP contribution in [0.5, 0.6) is 11.5 Å². The highest BCUT2D eigenvalue weighted by Crippen LogP contribution is 2.28. The van der Waals surface area contributed by atoms with Crippen LogP contribution in [-0.4, -0.2) is 40.8 Å². The van der Waals surface area contributed by atoms with Crippen molar-refractivity contribution < 1.29 is 9.47 Å². The fourth-order valence-electron chi connectivity index (χ4n) is 2.83. The summed E-state index contributed by atoms with van der Waals surface area (Å²) in [4.78, 5) is 4.67. The van der Waals surface area contributed by atoms with Crippen LogP contribution in [0.25, 0.3) is 5.65 Å². The SMILES string of the molecule is CCCOc1ccc(CN=C(NCC)NCc2nnc3ccccn23)cc1OC.I. The van der Waals surface area contributed by atoms with Gasteiger partial charge in [0, 0.05) is 12.7 Å². The van der Waals surface area contributed by atoms with Gasteiger partial charge in [0.15, 0.2) is 28.9 Å². The molecule has 2 aromatic heterocycles. The second-order valence-electron chi connectivity index (χ2n) is 6.43. The van der Waals surface area contributed by atoms with Gasteiger partial charge in [0.25, 0.3) is 0 Å². The van der Waals surface area contributed by atoms with E-state index in [1.807, 2.05) is 53.9 Å². The van der Waals surface area contributed by atoms with Gasteiger partial charge in [-0.2, -0.15) is 0 Å². The Labute approximate surface area is 194 Å². The van der Waals surface area contributed by atoms with Gasteiger partial charge in [0.1, 0.15) is 0 Å². The maximum Gasteiger partial charge on any atom is 0.191 e. The zero-order valence-electron chi connectivity index (χ0n) is 17.6. The molecule has 0 unspecified atom stereocenters. The van der Waals surface area contributed by atoms with Gasteiger partial charge in [0.2, 0.25) is 0 Å². The van der Waals surface area contributed by atoms with E-state index in [2.05, 4.69) is 32.7 Å². The topological polar surface area (TPSA) is 85.1 Å². The minimum absolute atomic E-state index is 0. The molecule has 0 saturated heterocycles. The van der Waals surface area contributed by atoms with E-state index in [4.69, 9.17) is 9.47 Å². The molecule has 1 aromatic carbocycles. The number of methoxy groups -OCH3 is 1. The van der Waals surface area contributed by atoms with Crippen LogP contribution in [0, 0.1) is 0 Å². The van der Waals surface area contributed by atoms with Crippen LogP contribution in [0.2, 0.25) is 0 Å². The largest absolute Gasteiger partial charge is 0.493 e. The molecule has 9 heteroatoms. The molecule has 3 aromatic rings. The van der Waals surface area contributed by atoms with Crippen molar-refractivity contribution >= 4 is 35.6 Å². The Morgan fingerprint density at radius 3 is 2.73 bits per heavy atom. The number of aliphatic imine (C=N–C) groups is 1. The fraction of sp³-hybridized carbons (Fsp3) is 0.381. The third-order valence-electron chi connectivity index (χ3n) is 4.25. The molecule has 8 nitrogen and oxygen atoms in total. The Balaban J connectivity index is 0.00000320. The Hall–Kier alpha value is -2.56. The zero-order chi connectivity index (χ0) is 20.5. The first kappa shape index (κ1) is 23.7. The van der Waals surface area contributed by atoms with Crippen LogP contribution in [0.1, 0.15) is 31.7 Å². The van der Waals surface area contributed by atoms with Crippen LogP contribution in [0.4, 0.5) is 0 Å². The van der Waals surface area contributed by atoms with E-state index in [1.165, 1.54) is 0 Å². The predicted molar refractivity (Wildman–Crippen MR) is 129 cm³/mol. The highest BCUT2D eigenvalue weighted by molar-refractivity contribution is 14.0. The van der Waals surface area contributed by atoms with Gasteiger partial charge in [-0.1, -0.05) is 19.1 Å². The lowest BCUT2D eigenvalue weighted by molar-refractivity contribution is 0.294. The summed E-state index contributed by atoms with van der Waals surface area (Å²) in [7, 11) is 1.65. The molecule has 3 rings (SSSR count). The lowest BCUT2D eigenvalue weighted by atomic mass is 10.2. The number of benzene rings is 1. The van der Waals surface area contributed by atoms with Gasteiger partial charge in [-0.25, -0.2) is 4.99 Å². The van der Waals surface area contributed by atoms with Crippen molar-refractivity contribution in [1.29, 1.82) is 0 Å². The van der Waals surface area contributed by atoms with E-state index in [-0.39, 0.29) is 24.0 Å². The summed E-state index contributed by atoms with van der Waals surface area (Å²) in [5, 5.41) is 15.0. The maximum atomic E-state index is 5.71. The molecule has 0 fully saturated rings. The van der Waals surface area contributed by atoms with E-state index in [0.717, 1.165) is 41.5 Å². The highest BCUT2D eigenvalue weighted by atomic mass is 127. The van der Waals surface area contributed by atoms with Crippen LogP contribution >= 0.6 is 24.0 Å². The monoisotopic (exact) mass is 524 g/mol. The fourth-order valence-corrected chi connectivity index (χ4v) is 2.83. The van der Waals surface area contributed by atoms with Crippen LogP contribution < -0.4 is 20.1 Å². The zero-order valence-corrected chi connectivity index (χ0v) is 19.9. The molecule has 2 heterocycles. The third-order valence-corrected chi connectivity index (χ3v) is 4.25. The first-order valence-electron chi connectivity index (χ1n) is 9.85. The first-order valence-corrected chi connectivity index (χ1v) is 9.85. The number of rotatable bonds is 9. The lowest BCUT2D eigenvalue weighted by Crippen LogP contribution is -2.37. The van der Waals surface area contributed by atoms with E-state index in [1.54, 1.807) is 7.11 Å². The second-order valence-corrected chi connectivity index (χ2v) is 6.43. The summed E-state index contributed by atoms with van der Waals surface area (Å²) in [5.74, 6) is 3.01. The molecule has 2 N–H and O–H groups in total. The first-order chi connectivity index (χ1) is 14.2. The van der Waals surface area contributed by atoms with Crippen LogP contribution in [0.15, 0.2) is 47.6 Å². The summed E-state index contributed by atoms with van der Waals surface area (Å²) < 4.78 is 13.1. The lowest BCUT2D eigenvalue weighted by Gasteiger charge is -2.12. The Kier molecular flexibility index (Phi) is 9.65. The quantitative estimate of drug-likeness (QED) is 0.254. The van der Waals surface area contributed by atoms with Crippen molar-refractivity contribution in [2.45, 2.75) is 33.4 Å². The van der Waals surface area contributed by atoms with Crippen molar-refractivity contribution in [3.05, 3.63) is 54.0 Å². The number of nitrogens with zero attached hydrogens (tertiary/aromatic N) is 4. The predicted octanol–water partition coefficient (Wildman–Crippen LogP) is 3.40. The summed E-state index contributed by atoms with van der Waals surface area (Å²) in [6.07, 6.45) is 2.90. The Morgan fingerprint density at radius 2 is 1.97 bits per heavy atom. The average Bonchev–Trinajstić information content (AvgIpc) is 3.17. The van der Waals surface area contributed by atoms with Gasteiger partial charge >= 0.3 is 0 Å². The number of hydrogen-bond acceptors (Lipinski definition) is 5. The van der Waals surface area contributed by atoms with Crippen molar-refractivity contribution in [2.75, 3.05) is 20.3 Å². The van der Waals surface area contributed by atoms with Gasteiger partial charge in [-0.05, 0) is 43.2 Å². The molecule has 0 aliphatic rings. The minimum atomic E-state index is 0. The minimum Gasteiger partial charge on any atom is -0.493 e.